The first kappa shape index (κ1) is 12.6. The molecule has 1 aliphatic rings. The van der Waals surface area contributed by atoms with Gasteiger partial charge in [-0.3, -0.25) is 4.79 Å². The number of likely N-dealkylation sites (tertiary alicyclic amines) is 1. The summed E-state index contributed by atoms with van der Waals surface area (Å²) in [5.74, 6) is -0.0258. The Balaban J connectivity index is 2.17. The van der Waals surface area contributed by atoms with E-state index in [1.807, 2.05) is 7.05 Å². The molecule has 2 rings (SSSR count). The maximum Gasteiger partial charge on any atom is 0.257 e. The van der Waals surface area contributed by atoms with E-state index in [2.05, 4.69) is 27.9 Å². The fourth-order valence-electron chi connectivity index (χ4n) is 2.03. The van der Waals surface area contributed by atoms with Crippen molar-refractivity contribution >= 4 is 28.5 Å². The van der Waals surface area contributed by atoms with Crippen molar-refractivity contribution in [2.24, 2.45) is 0 Å². The molecule has 1 aromatic rings. The predicted octanol–water partition coefficient (Wildman–Crippen LogP) is 1.43. The molecule has 0 aliphatic carbocycles. The quantitative estimate of drug-likeness (QED) is 0.797. The zero-order valence-electron chi connectivity index (χ0n) is 9.61. The van der Waals surface area contributed by atoms with Crippen molar-refractivity contribution in [3.8, 4) is 5.75 Å². The standard InChI is InChI=1S/C12H15IN2O2/c1-14-9-4-5-15(7-9)12(17)10-6-8(13)2-3-11(10)16/h2-3,6,9,14,16H,4-5,7H2,1H3. The maximum absolute atomic E-state index is 12.2. The van der Waals surface area contributed by atoms with E-state index in [0.717, 1.165) is 16.5 Å². The van der Waals surface area contributed by atoms with E-state index in [1.54, 1.807) is 23.1 Å². The molecule has 92 valence electrons. The van der Waals surface area contributed by atoms with E-state index in [4.69, 9.17) is 0 Å². The van der Waals surface area contributed by atoms with Gasteiger partial charge in [-0.2, -0.15) is 0 Å². The summed E-state index contributed by atoms with van der Waals surface area (Å²) in [6.07, 6.45) is 0.965. The summed E-state index contributed by atoms with van der Waals surface area (Å²) in [4.78, 5) is 14.0. The number of phenolic OH excluding ortho intramolecular Hbond substituents is 1. The van der Waals surface area contributed by atoms with Crippen molar-refractivity contribution < 1.29 is 9.90 Å². The first-order chi connectivity index (χ1) is 8.11. The number of benzene rings is 1. The highest BCUT2D eigenvalue weighted by atomic mass is 127. The Morgan fingerprint density at radius 3 is 3.00 bits per heavy atom. The van der Waals surface area contributed by atoms with E-state index in [9.17, 15) is 9.90 Å². The summed E-state index contributed by atoms with van der Waals surface area (Å²) >= 11 is 2.14. The van der Waals surface area contributed by atoms with Crippen molar-refractivity contribution in [3.63, 3.8) is 0 Å². The van der Waals surface area contributed by atoms with Gasteiger partial charge >= 0.3 is 0 Å². The van der Waals surface area contributed by atoms with Crippen LogP contribution in [0.1, 0.15) is 16.8 Å². The minimum absolute atomic E-state index is 0.0586. The molecule has 0 bridgehead atoms. The third-order valence-corrected chi connectivity index (χ3v) is 3.74. The summed E-state index contributed by atoms with van der Waals surface area (Å²) in [5.41, 5.74) is 0.397. The van der Waals surface area contributed by atoms with Gasteiger partial charge in [0.2, 0.25) is 0 Å². The number of hydrogen-bond donors (Lipinski definition) is 2. The van der Waals surface area contributed by atoms with Crippen molar-refractivity contribution in [3.05, 3.63) is 27.3 Å². The summed E-state index contributed by atoms with van der Waals surface area (Å²) in [6, 6.07) is 5.45. The smallest absolute Gasteiger partial charge is 0.257 e. The van der Waals surface area contributed by atoms with Crippen molar-refractivity contribution in [1.29, 1.82) is 0 Å². The normalized spacial score (nSPS) is 19.6. The monoisotopic (exact) mass is 346 g/mol. The third-order valence-electron chi connectivity index (χ3n) is 3.07. The second kappa shape index (κ2) is 5.22. The van der Waals surface area contributed by atoms with E-state index < -0.39 is 0 Å². The van der Waals surface area contributed by atoms with Gasteiger partial charge in [0.05, 0.1) is 5.56 Å². The van der Waals surface area contributed by atoms with Gasteiger partial charge in [-0.1, -0.05) is 0 Å². The molecule has 1 amide bonds. The molecule has 17 heavy (non-hydrogen) atoms. The highest BCUT2D eigenvalue weighted by Gasteiger charge is 2.27. The molecule has 5 heteroatoms. The number of aromatic hydroxyl groups is 1. The SMILES string of the molecule is CNC1CCN(C(=O)c2cc(I)ccc2O)C1. The molecule has 1 aromatic carbocycles. The number of hydrogen-bond acceptors (Lipinski definition) is 3. The topological polar surface area (TPSA) is 52.6 Å². The zero-order valence-corrected chi connectivity index (χ0v) is 11.8. The van der Waals surface area contributed by atoms with Crippen LogP contribution in [0.15, 0.2) is 18.2 Å². The van der Waals surface area contributed by atoms with Crippen molar-refractivity contribution in [2.75, 3.05) is 20.1 Å². The number of carbonyl (C=O) groups is 1. The molecule has 2 N–H and O–H groups in total. The third kappa shape index (κ3) is 2.71. The minimum atomic E-state index is -0.0845. The minimum Gasteiger partial charge on any atom is -0.507 e. The number of rotatable bonds is 2. The number of carbonyl (C=O) groups excluding carboxylic acids is 1. The first-order valence-electron chi connectivity index (χ1n) is 5.57. The van der Waals surface area contributed by atoms with Crippen LogP contribution in [-0.4, -0.2) is 42.1 Å². The number of phenols is 1. The van der Waals surface area contributed by atoms with E-state index >= 15 is 0 Å². The molecular weight excluding hydrogens is 331 g/mol. The molecular formula is C12H15IN2O2. The lowest BCUT2D eigenvalue weighted by Gasteiger charge is -2.17. The molecule has 1 unspecified atom stereocenters. The Morgan fingerprint density at radius 2 is 2.35 bits per heavy atom. The van der Waals surface area contributed by atoms with Crippen LogP contribution in [0, 0.1) is 3.57 Å². The number of amides is 1. The Bertz CT molecular complexity index is 437. The fraction of sp³-hybridized carbons (Fsp3) is 0.417. The van der Waals surface area contributed by atoms with Gasteiger partial charge in [0.25, 0.3) is 5.91 Å². The lowest BCUT2D eigenvalue weighted by Crippen LogP contribution is -2.33. The van der Waals surface area contributed by atoms with Crippen LogP contribution in [-0.2, 0) is 0 Å². The molecule has 4 nitrogen and oxygen atoms in total. The van der Waals surface area contributed by atoms with Crippen LogP contribution in [0.5, 0.6) is 5.75 Å². The van der Waals surface area contributed by atoms with Gasteiger partial charge < -0.3 is 15.3 Å². The number of nitrogens with one attached hydrogen (secondary N) is 1. The summed E-state index contributed by atoms with van der Waals surface area (Å²) in [7, 11) is 1.90. The maximum atomic E-state index is 12.2. The Hall–Kier alpha value is -0.820. The summed E-state index contributed by atoms with van der Waals surface area (Å²) in [6.45, 7) is 1.45. The average molecular weight is 346 g/mol. The van der Waals surface area contributed by atoms with Gasteiger partial charge in [0.1, 0.15) is 5.75 Å². The van der Waals surface area contributed by atoms with Crippen LogP contribution in [0.25, 0.3) is 0 Å². The Kier molecular flexibility index (Phi) is 3.88. The molecule has 1 fully saturated rings. The second-order valence-corrected chi connectivity index (χ2v) is 5.43. The van der Waals surface area contributed by atoms with E-state index in [0.29, 0.717) is 18.2 Å². The fourth-order valence-corrected chi connectivity index (χ4v) is 2.52. The Labute approximate surface area is 114 Å². The van der Waals surface area contributed by atoms with Crippen molar-refractivity contribution in [2.45, 2.75) is 12.5 Å². The van der Waals surface area contributed by atoms with E-state index in [-0.39, 0.29) is 11.7 Å². The van der Waals surface area contributed by atoms with Gasteiger partial charge in [-0.15, -0.1) is 0 Å². The zero-order chi connectivity index (χ0) is 12.4. The highest BCUT2D eigenvalue weighted by Crippen LogP contribution is 2.23. The first-order valence-corrected chi connectivity index (χ1v) is 6.64. The van der Waals surface area contributed by atoms with Gasteiger partial charge in [0.15, 0.2) is 0 Å². The van der Waals surface area contributed by atoms with Crippen molar-refractivity contribution in [1.82, 2.24) is 10.2 Å². The van der Waals surface area contributed by atoms with Crippen LogP contribution in [0.4, 0.5) is 0 Å². The summed E-state index contributed by atoms with van der Waals surface area (Å²) in [5, 5.41) is 12.9. The number of likely N-dealkylation sites (N-methyl/N-ethyl adjacent to an activating group) is 1. The molecule has 0 radical (unpaired) electrons. The van der Waals surface area contributed by atoms with Crippen LogP contribution < -0.4 is 5.32 Å². The molecule has 0 aromatic heterocycles. The highest BCUT2D eigenvalue weighted by molar-refractivity contribution is 14.1. The molecule has 0 saturated carbocycles. The average Bonchev–Trinajstić information content (AvgIpc) is 2.80. The lowest BCUT2D eigenvalue weighted by molar-refractivity contribution is 0.0786. The largest absolute Gasteiger partial charge is 0.507 e. The summed E-state index contributed by atoms with van der Waals surface area (Å²) < 4.78 is 0.952. The molecule has 1 atom stereocenters. The second-order valence-electron chi connectivity index (χ2n) is 4.19. The Morgan fingerprint density at radius 1 is 1.59 bits per heavy atom. The number of nitrogens with zero attached hydrogens (tertiary/aromatic N) is 1. The van der Waals surface area contributed by atoms with E-state index in [1.165, 1.54) is 0 Å². The molecule has 1 saturated heterocycles. The predicted molar refractivity (Wildman–Crippen MR) is 74.2 cm³/mol. The van der Waals surface area contributed by atoms with Crippen LogP contribution >= 0.6 is 22.6 Å². The van der Waals surface area contributed by atoms with Gasteiger partial charge in [-0.25, -0.2) is 0 Å². The lowest BCUT2D eigenvalue weighted by atomic mass is 10.2. The molecule has 0 spiro atoms. The van der Waals surface area contributed by atoms with Gasteiger partial charge in [0, 0.05) is 22.7 Å². The van der Waals surface area contributed by atoms with Crippen LogP contribution in [0.3, 0.4) is 0 Å². The molecule has 1 heterocycles. The molecule has 1 aliphatic heterocycles. The number of halogens is 1. The van der Waals surface area contributed by atoms with Crippen LogP contribution in [0.2, 0.25) is 0 Å². The van der Waals surface area contributed by atoms with Gasteiger partial charge in [-0.05, 0) is 54.3 Å².